The molecule has 2 heteroatoms. The molecule has 6 aromatic carbocycles. The topological polar surface area (TPSA) is 28.9 Å². The van der Waals surface area contributed by atoms with Crippen molar-refractivity contribution >= 4 is 65.3 Å². The average Bonchev–Trinajstić information content (AvgIpc) is 3.31. The van der Waals surface area contributed by atoms with Gasteiger partial charge in [0.25, 0.3) is 0 Å². The number of para-hydroxylation sites is 2. The Morgan fingerprint density at radius 2 is 1.21 bits per heavy atom. The van der Waals surface area contributed by atoms with E-state index in [-0.39, 0.29) is 0 Å². The molecule has 7 rings (SSSR count). The highest BCUT2D eigenvalue weighted by Gasteiger charge is 2.18. The Hall–Kier alpha value is -3.78. The van der Waals surface area contributed by atoms with Crippen LogP contribution in [0.2, 0.25) is 0 Å². The Bertz CT molecular complexity index is 1720. The van der Waals surface area contributed by atoms with Crippen molar-refractivity contribution in [2.24, 2.45) is 0 Å². The number of aromatic nitrogens is 1. The first-order chi connectivity index (χ1) is 13.9. The second-order valence-electron chi connectivity index (χ2n) is 7.47. The SMILES string of the molecule is c1ccc2c(c1)cc1c3[nH]c4ccccc4oc3c3c4ccccc4cc3c21. The van der Waals surface area contributed by atoms with Gasteiger partial charge in [-0.1, -0.05) is 60.7 Å². The lowest BCUT2D eigenvalue weighted by atomic mass is 10.0. The second kappa shape index (κ2) is 4.93. The van der Waals surface area contributed by atoms with Crippen molar-refractivity contribution in [3.05, 3.63) is 84.9 Å². The predicted octanol–water partition coefficient (Wildman–Crippen LogP) is 7.53. The first-order valence-corrected chi connectivity index (χ1v) is 9.54. The number of H-pyrrole nitrogens is 1. The Balaban J connectivity index is 1.90. The molecule has 1 aromatic heterocycles. The van der Waals surface area contributed by atoms with Crippen LogP contribution in [0.25, 0.3) is 65.3 Å². The van der Waals surface area contributed by atoms with Gasteiger partial charge in [0.2, 0.25) is 0 Å². The van der Waals surface area contributed by atoms with Gasteiger partial charge in [-0.25, -0.2) is 0 Å². The van der Waals surface area contributed by atoms with Crippen LogP contribution in [0.3, 0.4) is 0 Å². The van der Waals surface area contributed by atoms with Crippen LogP contribution in [-0.2, 0) is 0 Å². The zero-order valence-corrected chi connectivity index (χ0v) is 15.0. The summed E-state index contributed by atoms with van der Waals surface area (Å²) in [6, 6.07) is 29.9. The molecule has 0 fully saturated rings. The maximum absolute atomic E-state index is 6.50. The van der Waals surface area contributed by atoms with Crippen LogP contribution < -0.4 is 0 Å². The molecule has 2 nitrogen and oxygen atoms in total. The molecule has 0 aliphatic rings. The quantitative estimate of drug-likeness (QED) is 0.279. The van der Waals surface area contributed by atoms with E-state index in [0.29, 0.717) is 0 Å². The van der Waals surface area contributed by atoms with Gasteiger partial charge in [0, 0.05) is 10.8 Å². The first-order valence-electron chi connectivity index (χ1n) is 9.54. The molecule has 28 heavy (non-hydrogen) atoms. The molecule has 0 unspecified atom stereocenters. The number of nitrogens with one attached hydrogen (secondary N) is 1. The van der Waals surface area contributed by atoms with Crippen molar-refractivity contribution in [3.8, 4) is 0 Å². The summed E-state index contributed by atoms with van der Waals surface area (Å²) in [4.78, 5) is 3.67. The number of hydrogen-bond donors (Lipinski definition) is 1. The molecule has 0 amide bonds. The average molecular weight is 357 g/mol. The fraction of sp³-hybridized carbons (Fsp3) is 0. The lowest BCUT2D eigenvalue weighted by Gasteiger charge is -2.07. The van der Waals surface area contributed by atoms with Crippen molar-refractivity contribution in [1.82, 2.24) is 4.98 Å². The number of benzene rings is 4. The minimum absolute atomic E-state index is 0.872. The van der Waals surface area contributed by atoms with E-state index < -0.39 is 0 Å². The summed E-state index contributed by atoms with van der Waals surface area (Å²) in [5, 5.41) is 10.0. The molecule has 0 saturated heterocycles. The van der Waals surface area contributed by atoms with Gasteiger partial charge in [-0.15, -0.1) is 0 Å². The highest BCUT2D eigenvalue weighted by atomic mass is 16.3. The highest BCUT2D eigenvalue weighted by molar-refractivity contribution is 6.37. The summed E-state index contributed by atoms with van der Waals surface area (Å²) < 4.78 is 6.50. The lowest BCUT2D eigenvalue weighted by Crippen LogP contribution is -1.84. The van der Waals surface area contributed by atoms with Gasteiger partial charge in [-0.3, -0.25) is 0 Å². The van der Waals surface area contributed by atoms with E-state index in [0.717, 1.165) is 22.2 Å². The van der Waals surface area contributed by atoms with Gasteiger partial charge >= 0.3 is 0 Å². The van der Waals surface area contributed by atoms with E-state index in [4.69, 9.17) is 4.42 Å². The van der Waals surface area contributed by atoms with Crippen LogP contribution in [0.1, 0.15) is 0 Å². The summed E-state index contributed by atoms with van der Waals surface area (Å²) in [7, 11) is 0. The molecule has 0 saturated carbocycles. The monoisotopic (exact) mass is 357 g/mol. The Labute approximate surface area is 160 Å². The zero-order valence-electron chi connectivity index (χ0n) is 15.0. The van der Waals surface area contributed by atoms with Crippen molar-refractivity contribution in [2.45, 2.75) is 0 Å². The summed E-state index contributed by atoms with van der Waals surface area (Å²) in [6.45, 7) is 0. The molecule has 0 radical (unpaired) electrons. The van der Waals surface area contributed by atoms with Crippen molar-refractivity contribution < 1.29 is 4.42 Å². The molecule has 0 spiro atoms. The largest absolute Gasteiger partial charge is 0.452 e. The molecule has 7 aromatic rings. The minimum Gasteiger partial charge on any atom is -0.452 e. The first kappa shape index (κ1) is 14.3. The van der Waals surface area contributed by atoms with E-state index in [1.807, 2.05) is 18.2 Å². The Kier molecular flexibility index (Phi) is 2.52. The normalized spacial score (nSPS) is 12.3. The van der Waals surface area contributed by atoms with Gasteiger partial charge in [0.1, 0.15) is 0 Å². The van der Waals surface area contributed by atoms with Gasteiger partial charge in [0.05, 0.1) is 11.0 Å². The van der Waals surface area contributed by atoms with E-state index in [1.54, 1.807) is 0 Å². The standard InChI is InChI=1S/C26H15NO/c1-3-9-17-16(8-1)14-20-23(17)19-13-15-7-2-4-10-18(15)24(19)26-25(20)27-21-11-5-6-12-22(21)28-26/h1-14,27H. The fourth-order valence-electron chi connectivity index (χ4n) is 4.75. The summed E-state index contributed by atoms with van der Waals surface area (Å²) in [5.74, 6) is 0. The van der Waals surface area contributed by atoms with Crippen LogP contribution in [0.15, 0.2) is 89.3 Å². The van der Waals surface area contributed by atoms with E-state index in [1.165, 1.54) is 43.1 Å². The number of aromatic amines is 1. The molecule has 0 aliphatic carbocycles. The zero-order chi connectivity index (χ0) is 18.2. The third kappa shape index (κ3) is 1.68. The molecule has 0 atom stereocenters. The summed E-state index contributed by atoms with van der Waals surface area (Å²) in [6.07, 6.45) is 0. The number of fused-ring (bicyclic) bond motifs is 11. The van der Waals surface area contributed by atoms with Gasteiger partial charge < -0.3 is 9.40 Å². The third-order valence-electron chi connectivity index (χ3n) is 5.95. The van der Waals surface area contributed by atoms with E-state index in [2.05, 4.69) is 71.7 Å². The smallest absolute Gasteiger partial charge is 0.160 e. The third-order valence-corrected chi connectivity index (χ3v) is 5.95. The van der Waals surface area contributed by atoms with E-state index >= 15 is 0 Å². The maximum atomic E-state index is 6.50. The van der Waals surface area contributed by atoms with Gasteiger partial charge in [-0.2, -0.15) is 0 Å². The van der Waals surface area contributed by atoms with Crippen molar-refractivity contribution in [1.29, 1.82) is 0 Å². The maximum Gasteiger partial charge on any atom is 0.160 e. The Morgan fingerprint density at radius 3 is 2.04 bits per heavy atom. The molecular formula is C26H15NO. The van der Waals surface area contributed by atoms with Crippen LogP contribution in [0.5, 0.6) is 0 Å². The molecule has 0 aliphatic heterocycles. The highest BCUT2D eigenvalue weighted by Crippen LogP contribution is 2.44. The number of hydrogen-bond acceptors (Lipinski definition) is 1. The molecule has 0 bridgehead atoms. The number of rotatable bonds is 0. The van der Waals surface area contributed by atoms with Gasteiger partial charge in [-0.05, 0) is 56.6 Å². The van der Waals surface area contributed by atoms with Crippen LogP contribution in [0, 0.1) is 0 Å². The molecular weight excluding hydrogens is 342 g/mol. The van der Waals surface area contributed by atoms with Crippen LogP contribution in [0.4, 0.5) is 0 Å². The summed E-state index contributed by atoms with van der Waals surface area (Å²) in [5.41, 5.74) is 3.88. The predicted molar refractivity (Wildman–Crippen MR) is 118 cm³/mol. The Morgan fingerprint density at radius 1 is 0.571 bits per heavy atom. The van der Waals surface area contributed by atoms with Crippen molar-refractivity contribution in [2.75, 3.05) is 0 Å². The second-order valence-corrected chi connectivity index (χ2v) is 7.47. The molecule has 1 N–H and O–H groups in total. The fourth-order valence-corrected chi connectivity index (χ4v) is 4.75. The molecule has 1 heterocycles. The minimum atomic E-state index is 0.872. The molecule has 130 valence electrons. The van der Waals surface area contributed by atoms with E-state index in [9.17, 15) is 0 Å². The van der Waals surface area contributed by atoms with Crippen molar-refractivity contribution in [3.63, 3.8) is 0 Å². The van der Waals surface area contributed by atoms with Crippen LogP contribution in [-0.4, -0.2) is 4.98 Å². The van der Waals surface area contributed by atoms with Crippen LogP contribution >= 0.6 is 0 Å². The lowest BCUT2D eigenvalue weighted by molar-refractivity contribution is 0.661. The van der Waals surface area contributed by atoms with Gasteiger partial charge in [0.15, 0.2) is 11.2 Å². The summed E-state index contributed by atoms with van der Waals surface area (Å²) >= 11 is 0.